The molecule has 16 heavy (non-hydrogen) atoms. The summed E-state index contributed by atoms with van der Waals surface area (Å²) >= 11 is 0. The van der Waals surface area contributed by atoms with E-state index < -0.39 is 10.2 Å². The Labute approximate surface area is 98.4 Å². The first-order chi connectivity index (χ1) is 7.45. The topological polar surface area (TPSA) is 63.4 Å². The molecule has 2 rings (SSSR count). The molecule has 0 aromatic carbocycles. The van der Waals surface area contributed by atoms with Gasteiger partial charge >= 0.3 is 0 Å². The highest BCUT2D eigenvalue weighted by atomic mass is 32.2. The fourth-order valence-electron chi connectivity index (χ4n) is 3.34. The van der Waals surface area contributed by atoms with E-state index in [1.165, 1.54) is 30.0 Å². The Morgan fingerprint density at radius 1 is 1.31 bits per heavy atom. The van der Waals surface area contributed by atoms with Crippen LogP contribution in [0.5, 0.6) is 0 Å². The molecule has 1 atom stereocenters. The van der Waals surface area contributed by atoms with Gasteiger partial charge in [-0.25, -0.2) is 5.14 Å². The summed E-state index contributed by atoms with van der Waals surface area (Å²) in [5.74, 6) is 0.862. The Morgan fingerprint density at radius 3 is 2.38 bits per heavy atom. The first kappa shape index (κ1) is 12.3. The Balaban J connectivity index is 1.95. The number of nitrogens with two attached hydrogens (primary N) is 1. The highest BCUT2D eigenvalue weighted by molar-refractivity contribution is 7.86. The Morgan fingerprint density at radius 2 is 1.94 bits per heavy atom. The maximum absolute atomic E-state index is 11.2. The molecule has 2 N–H and O–H groups in total. The molecule has 1 unspecified atom stereocenters. The van der Waals surface area contributed by atoms with Crippen LogP contribution < -0.4 is 5.14 Å². The quantitative estimate of drug-likeness (QED) is 0.802. The maximum atomic E-state index is 11.2. The van der Waals surface area contributed by atoms with Crippen LogP contribution in [-0.2, 0) is 10.2 Å². The maximum Gasteiger partial charge on any atom is 0.276 e. The molecule has 1 saturated carbocycles. The summed E-state index contributed by atoms with van der Waals surface area (Å²) in [6.45, 7) is 3.49. The van der Waals surface area contributed by atoms with Gasteiger partial charge in [0.15, 0.2) is 0 Å². The third kappa shape index (κ3) is 2.41. The molecule has 2 fully saturated rings. The molecule has 1 aliphatic carbocycles. The summed E-state index contributed by atoms with van der Waals surface area (Å²) in [5, 5.41) is 5.15. The molecular formula is C11H22N2O2S. The normalized spacial score (nSPS) is 31.0. The van der Waals surface area contributed by atoms with Crippen LogP contribution in [0.1, 0.15) is 45.4 Å². The zero-order chi connectivity index (χ0) is 11.8. The second-order valence-electron chi connectivity index (χ2n) is 5.46. The molecule has 4 nitrogen and oxygen atoms in total. The highest BCUT2D eigenvalue weighted by Crippen LogP contribution is 2.49. The van der Waals surface area contributed by atoms with Gasteiger partial charge in [0.25, 0.3) is 10.2 Å². The van der Waals surface area contributed by atoms with Crippen LogP contribution in [0.25, 0.3) is 0 Å². The summed E-state index contributed by atoms with van der Waals surface area (Å²) in [6, 6.07) is 0. The monoisotopic (exact) mass is 246 g/mol. The van der Waals surface area contributed by atoms with Crippen LogP contribution in [0, 0.1) is 11.3 Å². The number of hydrogen-bond acceptors (Lipinski definition) is 2. The molecule has 94 valence electrons. The second kappa shape index (κ2) is 4.27. The van der Waals surface area contributed by atoms with Gasteiger partial charge in [-0.2, -0.15) is 12.7 Å². The Bertz CT molecular complexity index is 345. The van der Waals surface area contributed by atoms with Crippen molar-refractivity contribution in [3.8, 4) is 0 Å². The smallest absolute Gasteiger partial charge is 0.216 e. The molecule has 0 bridgehead atoms. The van der Waals surface area contributed by atoms with E-state index in [0.29, 0.717) is 18.5 Å². The van der Waals surface area contributed by atoms with Crippen LogP contribution in [0.2, 0.25) is 0 Å². The zero-order valence-electron chi connectivity index (χ0n) is 9.98. The minimum atomic E-state index is -3.46. The van der Waals surface area contributed by atoms with E-state index in [9.17, 15) is 8.42 Å². The molecule has 1 spiro atoms. The summed E-state index contributed by atoms with van der Waals surface area (Å²) < 4.78 is 23.9. The minimum Gasteiger partial charge on any atom is -0.216 e. The van der Waals surface area contributed by atoms with Gasteiger partial charge in [0, 0.05) is 13.1 Å². The third-order valence-corrected chi connectivity index (χ3v) is 5.61. The lowest BCUT2D eigenvalue weighted by Gasteiger charge is -2.38. The number of nitrogens with zero attached hydrogens (tertiary/aromatic N) is 1. The molecule has 0 aromatic rings. The van der Waals surface area contributed by atoms with E-state index >= 15 is 0 Å². The van der Waals surface area contributed by atoms with E-state index in [-0.39, 0.29) is 0 Å². The van der Waals surface area contributed by atoms with E-state index in [2.05, 4.69) is 6.92 Å². The van der Waals surface area contributed by atoms with Gasteiger partial charge in [0.05, 0.1) is 0 Å². The summed E-state index contributed by atoms with van der Waals surface area (Å²) in [5.41, 5.74) is 0.432. The van der Waals surface area contributed by atoms with Gasteiger partial charge in [0.1, 0.15) is 0 Å². The third-order valence-electron chi connectivity index (χ3n) is 4.52. The fourth-order valence-corrected chi connectivity index (χ4v) is 4.04. The van der Waals surface area contributed by atoms with Crippen LogP contribution in [0.15, 0.2) is 0 Å². The molecule has 0 radical (unpaired) electrons. The lowest BCUT2D eigenvalue weighted by atomic mass is 9.77. The van der Waals surface area contributed by atoms with Crippen LogP contribution >= 0.6 is 0 Å². The van der Waals surface area contributed by atoms with Crippen molar-refractivity contribution in [3.63, 3.8) is 0 Å². The van der Waals surface area contributed by atoms with E-state index in [4.69, 9.17) is 5.14 Å². The lowest BCUT2D eigenvalue weighted by molar-refractivity contribution is 0.154. The van der Waals surface area contributed by atoms with E-state index in [1.807, 2.05) is 0 Å². The fraction of sp³-hybridized carbons (Fsp3) is 1.00. The summed E-state index contributed by atoms with van der Waals surface area (Å²) in [7, 11) is -3.46. The van der Waals surface area contributed by atoms with Gasteiger partial charge in [-0.3, -0.25) is 0 Å². The zero-order valence-corrected chi connectivity index (χ0v) is 10.8. The average Bonchev–Trinajstić information content (AvgIpc) is 2.61. The van der Waals surface area contributed by atoms with Gasteiger partial charge in [-0.05, 0) is 43.4 Å². The van der Waals surface area contributed by atoms with Crippen LogP contribution in [-0.4, -0.2) is 25.8 Å². The van der Waals surface area contributed by atoms with Crippen LogP contribution in [0.3, 0.4) is 0 Å². The van der Waals surface area contributed by atoms with Crippen molar-refractivity contribution >= 4 is 10.2 Å². The Kier molecular flexibility index (Phi) is 3.29. The van der Waals surface area contributed by atoms with E-state index in [0.717, 1.165) is 18.8 Å². The summed E-state index contributed by atoms with van der Waals surface area (Å²) in [6.07, 6.45) is 7.16. The van der Waals surface area contributed by atoms with Crippen molar-refractivity contribution in [1.29, 1.82) is 0 Å². The predicted molar refractivity (Wildman–Crippen MR) is 64.0 cm³/mol. The van der Waals surface area contributed by atoms with Crippen molar-refractivity contribution in [1.82, 2.24) is 4.31 Å². The minimum absolute atomic E-state index is 0.432. The van der Waals surface area contributed by atoms with Gasteiger partial charge < -0.3 is 0 Å². The summed E-state index contributed by atoms with van der Waals surface area (Å²) in [4.78, 5) is 0. The van der Waals surface area contributed by atoms with E-state index in [1.54, 1.807) is 0 Å². The standard InChI is InChI=1S/C11H22N2O2S/c1-2-10-3-4-11(9-10)5-7-13(8-6-11)16(12,14)15/h10H,2-9H2,1H3,(H2,12,14,15). The predicted octanol–water partition coefficient (Wildman–Crippen LogP) is 1.48. The van der Waals surface area contributed by atoms with Crippen molar-refractivity contribution in [2.45, 2.75) is 45.4 Å². The van der Waals surface area contributed by atoms with Crippen molar-refractivity contribution < 1.29 is 8.42 Å². The lowest BCUT2D eigenvalue weighted by Crippen LogP contribution is -2.45. The van der Waals surface area contributed by atoms with Gasteiger partial charge in [-0.1, -0.05) is 13.3 Å². The largest absolute Gasteiger partial charge is 0.276 e. The van der Waals surface area contributed by atoms with Crippen molar-refractivity contribution in [2.75, 3.05) is 13.1 Å². The Hall–Kier alpha value is -0.130. The van der Waals surface area contributed by atoms with Crippen LogP contribution in [0.4, 0.5) is 0 Å². The highest BCUT2D eigenvalue weighted by Gasteiger charge is 2.42. The molecule has 1 aliphatic heterocycles. The molecule has 0 amide bonds. The van der Waals surface area contributed by atoms with Gasteiger partial charge in [0.2, 0.25) is 0 Å². The molecule has 5 heteroatoms. The molecule has 1 saturated heterocycles. The van der Waals surface area contributed by atoms with Crippen molar-refractivity contribution in [3.05, 3.63) is 0 Å². The van der Waals surface area contributed by atoms with Gasteiger partial charge in [-0.15, -0.1) is 0 Å². The SMILES string of the molecule is CCC1CCC2(CCN(S(N)(=O)=O)CC2)C1. The first-order valence-corrected chi connectivity index (χ1v) is 7.73. The first-order valence-electron chi connectivity index (χ1n) is 6.23. The number of hydrogen-bond donors (Lipinski definition) is 1. The van der Waals surface area contributed by atoms with Crippen molar-refractivity contribution in [2.24, 2.45) is 16.5 Å². The second-order valence-corrected chi connectivity index (χ2v) is 7.01. The average molecular weight is 246 g/mol. The molecule has 2 aliphatic rings. The molecule has 0 aromatic heterocycles. The number of piperidine rings is 1. The molecular weight excluding hydrogens is 224 g/mol. The molecule has 1 heterocycles. The number of rotatable bonds is 2.